The van der Waals surface area contributed by atoms with Gasteiger partial charge in [-0.3, -0.25) is 0 Å². The van der Waals surface area contributed by atoms with Gasteiger partial charge < -0.3 is 24.4 Å². The molecule has 148 valence electrons. The summed E-state index contributed by atoms with van der Waals surface area (Å²) in [6, 6.07) is 4.51. The molecule has 0 bridgehead atoms. The molecule has 0 radical (unpaired) electrons. The molecule has 0 atom stereocenters. The van der Waals surface area contributed by atoms with Gasteiger partial charge in [-0.1, -0.05) is 11.3 Å². The molecule has 0 saturated carbocycles. The van der Waals surface area contributed by atoms with Gasteiger partial charge in [0.15, 0.2) is 5.13 Å². The van der Waals surface area contributed by atoms with Gasteiger partial charge in [-0.05, 0) is 31.7 Å². The van der Waals surface area contributed by atoms with Crippen molar-refractivity contribution in [3.63, 3.8) is 0 Å². The van der Waals surface area contributed by atoms with E-state index in [1.807, 2.05) is 6.20 Å². The van der Waals surface area contributed by atoms with Crippen molar-refractivity contribution in [3.05, 3.63) is 23.9 Å². The first-order chi connectivity index (χ1) is 13.7. The van der Waals surface area contributed by atoms with E-state index >= 15 is 0 Å². The van der Waals surface area contributed by atoms with Crippen molar-refractivity contribution in [2.75, 3.05) is 69.3 Å². The molecular formula is C20H26N6OS. The predicted octanol–water partition coefficient (Wildman–Crippen LogP) is 2.58. The number of thiazole rings is 1. The molecular weight excluding hydrogens is 372 g/mol. The molecule has 2 aromatic heterocycles. The molecule has 8 heteroatoms. The molecule has 2 saturated heterocycles. The number of imidazole rings is 1. The zero-order valence-corrected chi connectivity index (χ0v) is 17.3. The maximum atomic E-state index is 5.44. The van der Waals surface area contributed by atoms with Gasteiger partial charge in [0.2, 0.25) is 0 Å². The van der Waals surface area contributed by atoms with E-state index in [4.69, 9.17) is 9.72 Å². The monoisotopic (exact) mass is 398 g/mol. The number of aromatic nitrogens is 3. The van der Waals surface area contributed by atoms with Gasteiger partial charge in [-0.2, -0.15) is 0 Å². The summed E-state index contributed by atoms with van der Waals surface area (Å²) in [5, 5.41) is 1.05. The molecule has 3 aromatic rings. The number of morpholine rings is 1. The maximum Gasteiger partial charge on any atom is 0.186 e. The number of benzene rings is 1. The largest absolute Gasteiger partial charge is 0.378 e. The van der Waals surface area contributed by atoms with Crippen molar-refractivity contribution < 1.29 is 4.74 Å². The van der Waals surface area contributed by atoms with Crippen LogP contribution in [0.5, 0.6) is 0 Å². The van der Waals surface area contributed by atoms with Gasteiger partial charge in [-0.25, -0.2) is 9.97 Å². The Bertz CT molecular complexity index is 968. The lowest BCUT2D eigenvalue weighted by Gasteiger charge is -2.34. The molecule has 28 heavy (non-hydrogen) atoms. The Balaban J connectivity index is 1.43. The molecule has 0 amide bonds. The van der Waals surface area contributed by atoms with Crippen molar-refractivity contribution in [2.45, 2.75) is 6.92 Å². The molecule has 2 aliphatic heterocycles. The molecule has 2 fully saturated rings. The summed E-state index contributed by atoms with van der Waals surface area (Å²) < 4.78 is 5.44. The number of aryl methyl sites for hydroxylation is 1. The number of piperazine rings is 1. The second kappa shape index (κ2) is 7.35. The number of hydrogen-bond acceptors (Lipinski definition) is 7. The molecule has 7 nitrogen and oxygen atoms in total. The van der Waals surface area contributed by atoms with Crippen LogP contribution in [-0.2, 0) is 4.74 Å². The first kappa shape index (κ1) is 17.9. The van der Waals surface area contributed by atoms with E-state index in [0.717, 1.165) is 79.3 Å². The SMILES string of the molecule is Cc1cc(N2CCN(C)CC2)cc2[nH]c(-c3cnc(N4CCOCC4)s3)nc12. The number of H-pyrrole nitrogens is 1. The third-order valence-corrected chi connectivity index (χ3v) is 6.70. The summed E-state index contributed by atoms with van der Waals surface area (Å²) >= 11 is 1.70. The molecule has 0 aliphatic carbocycles. The summed E-state index contributed by atoms with van der Waals surface area (Å²) in [5.74, 6) is 0.908. The third-order valence-electron chi connectivity index (χ3n) is 5.64. The summed E-state index contributed by atoms with van der Waals surface area (Å²) in [7, 11) is 2.19. The van der Waals surface area contributed by atoms with Gasteiger partial charge in [-0.15, -0.1) is 0 Å². The lowest BCUT2D eigenvalue weighted by Crippen LogP contribution is -2.44. The topological polar surface area (TPSA) is 60.5 Å². The average molecular weight is 399 g/mol. The summed E-state index contributed by atoms with van der Waals surface area (Å²) in [5.41, 5.74) is 4.65. The van der Waals surface area contributed by atoms with E-state index < -0.39 is 0 Å². The minimum atomic E-state index is 0.772. The zero-order chi connectivity index (χ0) is 19.1. The molecule has 0 spiro atoms. The number of rotatable bonds is 3. The smallest absolute Gasteiger partial charge is 0.186 e. The van der Waals surface area contributed by atoms with Gasteiger partial charge >= 0.3 is 0 Å². The van der Waals surface area contributed by atoms with Crippen LogP contribution in [0.2, 0.25) is 0 Å². The van der Waals surface area contributed by atoms with E-state index in [2.05, 4.69) is 50.8 Å². The highest BCUT2D eigenvalue weighted by Gasteiger charge is 2.19. The van der Waals surface area contributed by atoms with Crippen molar-refractivity contribution in [3.8, 4) is 10.7 Å². The fraction of sp³-hybridized carbons (Fsp3) is 0.500. The van der Waals surface area contributed by atoms with Gasteiger partial charge in [0.25, 0.3) is 0 Å². The lowest BCUT2D eigenvalue weighted by molar-refractivity contribution is 0.122. The average Bonchev–Trinajstić information content (AvgIpc) is 3.36. The predicted molar refractivity (Wildman–Crippen MR) is 115 cm³/mol. The molecule has 5 rings (SSSR count). The number of anilines is 2. The Hall–Kier alpha value is -2.16. The number of hydrogen-bond donors (Lipinski definition) is 1. The van der Waals surface area contributed by atoms with Crippen molar-refractivity contribution >= 4 is 33.2 Å². The van der Waals surface area contributed by atoms with Gasteiger partial charge in [0, 0.05) is 45.0 Å². The standard InChI is InChI=1S/C20H26N6OS/c1-14-11-15(25-5-3-24(2)4-6-25)12-16-18(14)23-19(22-16)17-13-21-20(28-17)26-7-9-27-10-8-26/h11-13H,3-10H2,1-2H3,(H,22,23). The molecule has 0 unspecified atom stereocenters. The molecule has 2 aliphatic rings. The van der Waals surface area contributed by atoms with Crippen LogP contribution < -0.4 is 9.80 Å². The van der Waals surface area contributed by atoms with Crippen LogP contribution in [-0.4, -0.2) is 79.4 Å². The Morgan fingerprint density at radius 2 is 1.82 bits per heavy atom. The minimum Gasteiger partial charge on any atom is -0.378 e. The number of ether oxygens (including phenoxy) is 1. The minimum absolute atomic E-state index is 0.772. The third kappa shape index (κ3) is 3.36. The number of fused-ring (bicyclic) bond motifs is 1. The molecule has 1 aromatic carbocycles. The lowest BCUT2D eigenvalue weighted by atomic mass is 10.1. The second-order valence-electron chi connectivity index (χ2n) is 7.64. The van der Waals surface area contributed by atoms with Crippen molar-refractivity contribution in [1.29, 1.82) is 0 Å². The highest BCUT2D eigenvalue weighted by Crippen LogP contribution is 2.33. The highest BCUT2D eigenvalue weighted by molar-refractivity contribution is 7.18. The van der Waals surface area contributed by atoms with Crippen LogP contribution in [0.3, 0.4) is 0 Å². The van der Waals surface area contributed by atoms with E-state index in [0.29, 0.717) is 0 Å². The van der Waals surface area contributed by atoms with Crippen LogP contribution in [0.15, 0.2) is 18.3 Å². The number of nitrogens with one attached hydrogen (secondary N) is 1. The number of aromatic amines is 1. The summed E-state index contributed by atoms with van der Waals surface area (Å²) in [4.78, 5) is 21.3. The van der Waals surface area contributed by atoms with E-state index in [-0.39, 0.29) is 0 Å². The Morgan fingerprint density at radius 1 is 1.04 bits per heavy atom. The van der Waals surface area contributed by atoms with Crippen molar-refractivity contribution in [2.24, 2.45) is 0 Å². The Kier molecular flexibility index (Phi) is 4.70. The van der Waals surface area contributed by atoms with Gasteiger partial charge in [0.1, 0.15) is 5.82 Å². The zero-order valence-electron chi connectivity index (χ0n) is 16.4. The fourth-order valence-corrected chi connectivity index (χ4v) is 4.82. The van der Waals surface area contributed by atoms with Crippen LogP contribution in [0, 0.1) is 6.92 Å². The van der Waals surface area contributed by atoms with Crippen molar-refractivity contribution in [1.82, 2.24) is 19.9 Å². The van der Waals surface area contributed by atoms with Crippen LogP contribution >= 0.6 is 11.3 Å². The van der Waals surface area contributed by atoms with E-state index in [9.17, 15) is 0 Å². The summed E-state index contributed by atoms with van der Waals surface area (Å²) in [6.07, 6.45) is 1.93. The van der Waals surface area contributed by atoms with Crippen LogP contribution in [0.4, 0.5) is 10.8 Å². The Morgan fingerprint density at radius 3 is 2.61 bits per heavy atom. The molecule has 4 heterocycles. The summed E-state index contributed by atoms with van der Waals surface area (Å²) in [6.45, 7) is 9.86. The number of likely N-dealkylation sites (N-methyl/N-ethyl adjacent to an activating group) is 1. The van der Waals surface area contributed by atoms with Crippen LogP contribution in [0.25, 0.3) is 21.7 Å². The first-order valence-electron chi connectivity index (χ1n) is 9.90. The molecule has 1 N–H and O–H groups in total. The Labute approximate surface area is 168 Å². The highest BCUT2D eigenvalue weighted by atomic mass is 32.1. The quantitative estimate of drug-likeness (QED) is 0.732. The second-order valence-corrected chi connectivity index (χ2v) is 8.65. The normalized spacial score (nSPS) is 18.9. The van der Waals surface area contributed by atoms with Gasteiger partial charge in [0.05, 0.1) is 35.3 Å². The fourth-order valence-electron chi connectivity index (χ4n) is 3.91. The van der Waals surface area contributed by atoms with E-state index in [1.54, 1.807) is 11.3 Å². The van der Waals surface area contributed by atoms with E-state index in [1.165, 1.54) is 11.3 Å². The maximum absolute atomic E-state index is 5.44. The first-order valence-corrected chi connectivity index (χ1v) is 10.7. The number of nitrogens with zero attached hydrogens (tertiary/aromatic N) is 5. The van der Waals surface area contributed by atoms with Crippen LogP contribution in [0.1, 0.15) is 5.56 Å².